The van der Waals surface area contributed by atoms with Gasteiger partial charge in [-0.05, 0) is 81.5 Å². The van der Waals surface area contributed by atoms with E-state index in [4.69, 9.17) is 14.5 Å². The monoisotopic (exact) mass is 583 g/mol. The van der Waals surface area contributed by atoms with Gasteiger partial charge in [-0.25, -0.2) is 0 Å². The second-order valence-electron chi connectivity index (χ2n) is 11.1. The topological polar surface area (TPSA) is 43.4 Å². The molecular weight excluding hydrogens is 516 g/mol. The number of allylic oxidation sites excluding steroid dienone is 5. The zero-order chi connectivity index (χ0) is 31.6. The van der Waals surface area contributed by atoms with E-state index in [1.54, 1.807) is 25.9 Å². The van der Waals surface area contributed by atoms with Crippen LogP contribution in [-0.4, -0.2) is 32.4 Å². The molecule has 0 radical (unpaired) electrons. The van der Waals surface area contributed by atoms with Crippen LogP contribution < -0.4 is 5.32 Å². The lowest BCUT2D eigenvalue weighted by Gasteiger charge is -2.28. The van der Waals surface area contributed by atoms with Gasteiger partial charge in [0.1, 0.15) is 12.4 Å². The second kappa shape index (κ2) is 26.5. The highest BCUT2D eigenvalue weighted by Crippen LogP contribution is 2.31. The fourth-order valence-electron chi connectivity index (χ4n) is 5.47. The summed E-state index contributed by atoms with van der Waals surface area (Å²) in [6.45, 7) is 21.5. The molecule has 0 atom stereocenters. The number of ether oxygens (including phenoxy) is 2. The summed E-state index contributed by atoms with van der Waals surface area (Å²) in [4.78, 5) is 4.87. The van der Waals surface area contributed by atoms with Crippen LogP contribution in [-0.2, 0) is 22.4 Å². The van der Waals surface area contributed by atoms with E-state index in [0.717, 1.165) is 42.7 Å². The van der Waals surface area contributed by atoms with Crippen molar-refractivity contribution >= 4 is 6.08 Å². The Hall–Kier alpha value is -2.17. The van der Waals surface area contributed by atoms with Crippen LogP contribution in [0.5, 0.6) is 0 Å². The van der Waals surface area contributed by atoms with Crippen molar-refractivity contribution in [1.82, 2.24) is 10.3 Å². The maximum absolute atomic E-state index is 4.99. The van der Waals surface area contributed by atoms with Gasteiger partial charge in [0.25, 0.3) is 0 Å². The fraction of sp³-hybridized carbons (Fsp3) is 0.658. The summed E-state index contributed by atoms with van der Waals surface area (Å²) in [5, 5.41) is 3.81. The molecule has 1 aliphatic carbocycles. The molecular formula is C38H66N2O2. The molecule has 1 fully saturated rings. The Bertz CT molecular complexity index is 908. The third-order valence-electron chi connectivity index (χ3n) is 7.83. The predicted octanol–water partition coefficient (Wildman–Crippen LogP) is 10.6. The molecule has 0 aromatic carbocycles. The van der Waals surface area contributed by atoms with E-state index in [1.807, 2.05) is 32.1 Å². The second-order valence-corrected chi connectivity index (χ2v) is 11.1. The Labute approximate surface area is 261 Å². The first-order chi connectivity index (χ1) is 20.5. The molecule has 1 aliphatic rings. The lowest BCUT2D eigenvalue weighted by Crippen LogP contribution is -2.26. The van der Waals surface area contributed by atoms with Crippen LogP contribution in [0.2, 0.25) is 0 Å². The summed E-state index contributed by atoms with van der Waals surface area (Å²) in [6.07, 6.45) is 24.1. The Morgan fingerprint density at radius 3 is 2.26 bits per heavy atom. The predicted molar refractivity (Wildman–Crippen MR) is 186 cm³/mol. The largest absolute Gasteiger partial charge is 0.499 e. The summed E-state index contributed by atoms with van der Waals surface area (Å²) in [5.74, 6) is 2.66. The van der Waals surface area contributed by atoms with Gasteiger partial charge in [-0.3, -0.25) is 4.98 Å². The van der Waals surface area contributed by atoms with Crippen LogP contribution in [0.4, 0.5) is 0 Å². The van der Waals surface area contributed by atoms with Gasteiger partial charge < -0.3 is 14.8 Å². The van der Waals surface area contributed by atoms with E-state index < -0.39 is 0 Å². The molecule has 1 N–H and O–H groups in total. The van der Waals surface area contributed by atoms with Crippen molar-refractivity contribution < 1.29 is 9.47 Å². The maximum atomic E-state index is 4.99. The number of aryl methyl sites for hydroxylation is 2. The number of methoxy groups -OCH3 is 2. The molecule has 42 heavy (non-hydrogen) atoms. The van der Waals surface area contributed by atoms with E-state index in [-0.39, 0.29) is 0 Å². The van der Waals surface area contributed by atoms with Gasteiger partial charge in [0.2, 0.25) is 0 Å². The molecule has 4 nitrogen and oxygen atoms in total. The van der Waals surface area contributed by atoms with Gasteiger partial charge in [-0.2, -0.15) is 0 Å². The Morgan fingerprint density at radius 2 is 1.71 bits per heavy atom. The Morgan fingerprint density at radius 1 is 1.02 bits per heavy atom. The lowest BCUT2D eigenvalue weighted by atomic mass is 9.80. The van der Waals surface area contributed by atoms with Crippen molar-refractivity contribution in [2.75, 3.05) is 27.4 Å². The molecule has 0 amide bonds. The first-order valence-electron chi connectivity index (χ1n) is 16.9. The number of nitrogens with one attached hydrogen (secondary N) is 1. The Balaban J connectivity index is 0.00000109. The average Bonchev–Trinajstić information content (AvgIpc) is 3.01. The van der Waals surface area contributed by atoms with E-state index in [0.29, 0.717) is 6.61 Å². The van der Waals surface area contributed by atoms with Gasteiger partial charge in [0, 0.05) is 30.6 Å². The molecule has 0 bridgehead atoms. The molecule has 0 saturated heterocycles. The highest BCUT2D eigenvalue weighted by Gasteiger charge is 2.20. The number of hydrogen-bond acceptors (Lipinski definition) is 4. The number of rotatable bonds is 17. The summed E-state index contributed by atoms with van der Waals surface area (Å²) in [6, 6.07) is 2.31. The van der Waals surface area contributed by atoms with E-state index in [9.17, 15) is 0 Å². The van der Waals surface area contributed by atoms with Gasteiger partial charge >= 0.3 is 0 Å². The van der Waals surface area contributed by atoms with Crippen LogP contribution in [0.3, 0.4) is 0 Å². The number of nitrogens with zero attached hydrogens (tertiary/aromatic N) is 1. The third kappa shape index (κ3) is 17.1. The van der Waals surface area contributed by atoms with Crippen molar-refractivity contribution in [2.45, 2.75) is 126 Å². The molecule has 1 aromatic rings. The molecule has 240 valence electrons. The molecule has 1 heterocycles. The van der Waals surface area contributed by atoms with Crippen molar-refractivity contribution in [3.63, 3.8) is 0 Å². The van der Waals surface area contributed by atoms with Crippen LogP contribution in [0, 0.1) is 18.8 Å². The van der Waals surface area contributed by atoms with Crippen molar-refractivity contribution in [2.24, 2.45) is 11.8 Å². The SMILES string of the molecule is C=C/C=C\C=C(/COC)OC.CC.CCCC/C(=C/c1c(CNCC2CCC(CCC)CC2)cc(C)nc1CC)CC. The molecule has 1 saturated carbocycles. The zero-order valence-electron chi connectivity index (χ0n) is 29.0. The van der Waals surface area contributed by atoms with Crippen LogP contribution in [0.1, 0.15) is 128 Å². The minimum atomic E-state index is 0.498. The molecule has 2 rings (SSSR count). The third-order valence-corrected chi connectivity index (χ3v) is 7.83. The standard InChI is InChI=1S/C27H46N2.C9H14O2.C2H6/c1-6-10-12-22(8-3)18-26-25(17-21(5)29-27(26)9-4)20-28-19-24-15-13-23(11-7-2)14-16-24;1-4-5-6-7-9(11-3)8-10-2;1-2/h17-18,23-24,28H,6-16,19-20H2,1-5H3;4-7H,1,8H2,2-3H3;1-2H3/b22-18+;6-5-,9-7+;. The highest BCUT2D eigenvalue weighted by molar-refractivity contribution is 5.59. The fourth-order valence-corrected chi connectivity index (χ4v) is 5.47. The van der Waals surface area contributed by atoms with Gasteiger partial charge in [0.05, 0.1) is 7.11 Å². The molecule has 0 unspecified atom stereocenters. The minimum absolute atomic E-state index is 0.498. The number of pyridine rings is 1. The van der Waals surface area contributed by atoms with Gasteiger partial charge in [-0.15, -0.1) is 0 Å². The van der Waals surface area contributed by atoms with E-state index in [2.05, 4.69) is 58.7 Å². The zero-order valence-corrected chi connectivity index (χ0v) is 29.0. The Kier molecular flexibility index (Phi) is 25.1. The summed E-state index contributed by atoms with van der Waals surface area (Å²) in [5.41, 5.74) is 6.83. The van der Waals surface area contributed by atoms with E-state index in [1.165, 1.54) is 81.2 Å². The summed E-state index contributed by atoms with van der Waals surface area (Å²) in [7, 11) is 3.25. The van der Waals surface area contributed by atoms with Gasteiger partial charge in [0.15, 0.2) is 0 Å². The van der Waals surface area contributed by atoms with Crippen molar-refractivity contribution in [3.8, 4) is 0 Å². The smallest absolute Gasteiger partial charge is 0.121 e. The number of unbranched alkanes of at least 4 members (excludes halogenated alkanes) is 1. The van der Waals surface area contributed by atoms with Crippen LogP contribution in [0.25, 0.3) is 6.08 Å². The van der Waals surface area contributed by atoms with Gasteiger partial charge in [-0.1, -0.05) is 110 Å². The normalized spacial score (nSPS) is 17.3. The first-order valence-corrected chi connectivity index (χ1v) is 16.9. The molecule has 0 aliphatic heterocycles. The maximum Gasteiger partial charge on any atom is 0.121 e. The molecule has 0 spiro atoms. The van der Waals surface area contributed by atoms with Crippen LogP contribution >= 0.6 is 0 Å². The average molecular weight is 583 g/mol. The molecule has 1 aromatic heterocycles. The van der Waals surface area contributed by atoms with E-state index >= 15 is 0 Å². The van der Waals surface area contributed by atoms with Crippen LogP contribution in [0.15, 0.2) is 48.3 Å². The number of aromatic nitrogens is 1. The lowest BCUT2D eigenvalue weighted by molar-refractivity contribution is 0.159. The quantitative estimate of drug-likeness (QED) is 0.147. The number of hydrogen-bond donors (Lipinski definition) is 1. The molecule has 4 heteroatoms. The minimum Gasteiger partial charge on any atom is -0.499 e. The summed E-state index contributed by atoms with van der Waals surface area (Å²) >= 11 is 0. The van der Waals surface area contributed by atoms with Crippen molar-refractivity contribution in [1.29, 1.82) is 0 Å². The highest BCUT2D eigenvalue weighted by atomic mass is 16.5. The summed E-state index contributed by atoms with van der Waals surface area (Å²) < 4.78 is 9.86. The van der Waals surface area contributed by atoms with Crippen molar-refractivity contribution in [3.05, 3.63) is 70.8 Å². The first kappa shape index (κ1) is 39.8.